The van der Waals surface area contributed by atoms with Gasteiger partial charge in [-0.25, -0.2) is 4.79 Å². The highest BCUT2D eigenvalue weighted by atomic mass is 16.5. The highest BCUT2D eigenvalue weighted by Crippen LogP contribution is 2.39. The van der Waals surface area contributed by atoms with Crippen LogP contribution in [0, 0.1) is 17.2 Å². The normalized spacial score (nSPS) is 16.3. The molecule has 0 unspecified atom stereocenters. The number of carbonyl (C=O) groups is 2. The molecule has 1 saturated carbocycles. The minimum atomic E-state index is -0.885. The van der Waals surface area contributed by atoms with Crippen molar-refractivity contribution < 1.29 is 14.3 Å². The molecule has 23 heavy (non-hydrogen) atoms. The zero-order chi connectivity index (χ0) is 16.4. The van der Waals surface area contributed by atoms with Crippen molar-refractivity contribution in [2.75, 3.05) is 6.61 Å². The minimum Gasteiger partial charge on any atom is -0.452 e. The van der Waals surface area contributed by atoms with E-state index in [0.29, 0.717) is 5.56 Å². The third-order valence-electron chi connectivity index (χ3n) is 4.17. The number of para-hydroxylation sites is 1. The van der Waals surface area contributed by atoms with Crippen LogP contribution >= 0.6 is 0 Å². The summed E-state index contributed by atoms with van der Waals surface area (Å²) in [5.41, 5.74) is 0.331. The van der Waals surface area contributed by atoms with E-state index >= 15 is 0 Å². The quantitative estimate of drug-likeness (QED) is 0.827. The van der Waals surface area contributed by atoms with Gasteiger partial charge in [0, 0.05) is 17.1 Å². The van der Waals surface area contributed by atoms with Crippen LogP contribution in [0.5, 0.6) is 0 Å². The molecule has 1 heterocycles. The molecular weight excluding hydrogens is 294 g/mol. The molecule has 1 aromatic heterocycles. The molecule has 2 N–H and O–H groups in total. The predicted molar refractivity (Wildman–Crippen MR) is 83.5 cm³/mol. The van der Waals surface area contributed by atoms with Crippen LogP contribution in [0.15, 0.2) is 30.5 Å². The summed E-state index contributed by atoms with van der Waals surface area (Å²) in [6.45, 7) is 1.30. The molecule has 1 aromatic carbocycles. The van der Waals surface area contributed by atoms with Crippen molar-refractivity contribution in [1.82, 2.24) is 10.3 Å². The first-order chi connectivity index (χ1) is 11.0. The van der Waals surface area contributed by atoms with Crippen LogP contribution in [-0.2, 0) is 9.53 Å². The Labute approximate surface area is 133 Å². The summed E-state index contributed by atoms with van der Waals surface area (Å²) in [6.07, 6.45) is 3.42. The number of H-pyrrole nitrogens is 1. The maximum atomic E-state index is 12.1. The van der Waals surface area contributed by atoms with Gasteiger partial charge in [-0.15, -0.1) is 0 Å². The second-order valence-electron chi connectivity index (χ2n) is 5.96. The molecule has 0 aliphatic heterocycles. The Morgan fingerprint density at radius 3 is 2.87 bits per heavy atom. The Kier molecular flexibility index (Phi) is 3.78. The maximum absolute atomic E-state index is 12.1. The van der Waals surface area contributed by atoms with Crippen molar-refractivity contribution in [2.24, 2.45) is 5.92 Å². The first-order valence-corrected chi connectivity index (χ1v) is 7.49. The lowest BCUT2D eigenvalue weighted by atomic mass is 9.98. The summed E-state index contributed by atoms with van der Waals surface area (Å²) in [7, 11) is 0. The van der Waals surface area contributed by atoms with Crippen molar-refractivity contribution >= 4 is 22.8 Å². The van der Waals surface area contributed by atoms with E-state index in [9.17, 15) is 14.9 Å². The summed E-state index contributed by atoms with van der Waals surface area (Å²) in [4.78, 5) is 27.0. The Bertz CT molecular complexity index is 801. The highest BCUT2D eigenvalue weighted by molar-refractivity contribution is 6.04. The number of esters is 1. The van der Waals surface area contributed by atoms with Crippen LogP contribution in [0.1, 0.15) is 30.1 Å². The number of nitrogens with zero attached hydrogens (tertiary/aromatic N) is 1. The van der Waals surface area contributed by atoms with Crippen molar-refractivity contribution in [3.8, 4) is 6.07 Å². The summed E-state index contributed by atoms with van der Waals surface area (Å²) < 4.78 is 5.07. The van der Waals surface area contributed by atoms with Crippen LogP contribution in [-0.4, -0.2) is 29.0 Å². The number of aromatic nitrogens is 1. The molecule has 1 atom stereocenters. The summed E-state index contributed by atoms with van der Waals surface area (Å²) >= 11 is 0. The number of nitrogens with one attached hydrogen (secondary N) is 2. The van der Waals surface area contributed by atoms with E-state index in [0.717, 1.165) is 23.7 Å². The van der Waals surface area contributed by atoms with Gasteiger partial charge in [-0.05, 0) is 31.7 Å². The highest BCUT2D eigenvalue weighted by Gasteiger charge is 2.43. The summed E-state index contributed by atoms with van der Waals surface area (Å²) in [5.74, 6) is -0.849. The van der Waals surface area contributed by atoms with Gasteiger partial charge >= 0.3 is 5.97 Å². The minimum absolute atomic E-state index is 0.181. The standard InChI is InChI=1S/C17H17N3O3/c1-17(10-18,11-6-7-11)20-15(21)9-23-16(22)13-8-19-14-5-3-2-4-12(13)14/h2-5,8,11,19H,6-7,9H2,1H3,(H,20,21)/t17-/m0/s1. The second-order valence-corrected chi connectivity index (χ2v) is 5.96. The van der Waals surface area contributed by atoms with Crippen molar-refractivity contribution in [3.63, 3.8) is 0 Å². The zero-order valence-corrected chi connectivity index (χ0v) is 12.8. The monoisotopic (exact) mass is 311 g/mol. The third-order valence-corrected chi connectivity index (χ3v) is 4.17. The number of aromatic amines is 1. The van der Waals surface area contributed by atoms with Gasteiger partial charge in [0.05, 0.1) is 11.6 Å². The number of nitriles is 1. The van der Waals surface area contributed by atoms with Gasteiger partial charge in [-0.1, -0.05) is 18.2 Å². The van der Waals surface area contributed by atoms with E-state index in [-0.39, 0.29) is 5.92 Å². The summed E-state index contributed by atoms with van der Waals surface area (Å²) in [6, 6.07) is 9.49. The molecule has 6 heteroatoms. The van der Waals surface area contributed by atoms with E-state index in [1.54, 1.807) is 13.1 Å². The molecule has 118 valence electrons. The predicted octanol–water partition coefficient (Wildman–Crippen LogP) is 2.13. The van der Waals surface area contributed by atoms with Crippen LogP contribution in [0.25, 0.3) is 10.9 Å². The van der Waals surface area contributed by atoms with E-state index in [1.165, 1.54) is 0 Å². The molecule has 0 bridgehead atoms. The number of carbonyl (C=O) groups excluding carboxylic acids is 2. The Hall–Kier alpha value is -2.81. The van der Waals surface area contributed by atoms with Gasteiger partial charge in [-0.2, -0.15) is 5.26 Å². The van der Waals surface area contributed by atoms with Crippen LogP contribution in [0.3, 0.4) is 0 Å². The average Bonchev–Trinajstić information content (AvgIpc) is 3.33. The lowest BCUT2D eigenvalue weighted by Gasteiger charge is -2.22. The first kappa shape index (κ1) is 15.1. The Balaban J connectivity index is 1.61. The van der Waals surface area contributed by atoms with Crippen molar-refractivity contribution in [3.05, 3.63) is 36.0 Å². The largest absolute Gasteiger partial charge is 0.452 e. The van der Waals surface area contributed by atoms with E-state index in [1.807, 2.05) is 24.3 Å². The summed E-state index contributed by atoms with van der Waals surface area (Å²) in [5, 5.41) is 12.6. The van der Waals surface area contributed by atoms with E-state index in [2.05, 4.69) is 16.4 Å². The van der Waals surface area contributed by atoms with Crippen LogP contribution in [0.2, 0.25) is 0 Å². The maximum Gasteiger partial charge on any atom is 0.340 e. The fraction of sp³-hybridized carbons (Fsp3) is 0.353. The molecule has 1 fully saturated rings. The Morgan fingerprint density at radius 2 is 2.17 bits per heavy atom. The molecular formula is C17H17N3O3. The van der Waals surface area contributed by atoms with Crippen LogP contribution < -0.4 is 5.32 Å². The number of ether oxygens (including phenoxy) is 1. The number of fused-ring (bicyclic) bond motifs is 1. The lowest BCUT2D eigenvalue weighted by Crippen LogP contribution is -2.48. The molecule has 0 radical (unpaired) electrons. The number of rotatable bonds is 5. The fourth-order valence-corrected chi connectivity index (χ4v) is 2.66. The molecule has 0 saturated heterocycles. The first-order valence-electron chi connectivity index (χ1n) is 7.49. The van der Waals surface area contributed by atoms with Gasteiger partial charge in [0.1, 0.15) is 5.54 Å². The third kappa shape index (κ3) is 3.04. The SMILES string of the molecule is C[C@@](C#N)(NC(=O)COC(=O)c1c[nH]c2ccccc12)C1CC1. The Morgan fingerprint density at radius 1 is 1.43 bits per heavy atom. The van der Waals surface area contributed by atoms with Gasteiger partial charge in [0.15, 0.2) is 6.61 Å². The molecule has 6 nitrogen and oxygen atoms in total. The van der Waals surface area contributed by atoms with Crippen molar-refractivity contribution in [2.45, 2.75) is 25.3 Å². The van der Waals surface area contributed by atoms with Gasteiger partial charge < -0.3 is 15.0 Å². The fourth-order valence-electron chi connectivity index (χ4n) is 2.66. The van der Waals surface area contributed by atoms with Crippen LogP contribution in [0.4, 0.5) is 0 Å². The van der Waals surface area contributed by atoms with E-state index < -0.39 is 24.0 Å². The number of hydrogen-bond donors (Lipinski definition) is 2. The smallest absolute Gasteiger partial charge is 0.340 e. The average molecular weight is 311 g/mol. The molecule has 1 aliphatic rings. The molecule has 2 aromatic rings. The second kappa shape index (κ2) is 5.76. The molecule has 0 spiro atoms. The number of hydrogen-bond acceptors (Lipinski definition) is 4. The van der Waals surface area contributed by atoms with Gasteiger partial charge in [0.25, 0.3) is 5.91 Å². The molecule has 3 rings (SSSR count). The van der Waals surface area contributed by atoms with Gasteiger partial charge in [0.2, 0.25) is 0 Å². The van der Waals surface area contributed by atoms with E-state index in [4.69, 9.17) is 4.74 Å². The van der Waals surface area contributed by atoms with Crippen molar-refractivity contribution in [1.29, 1.82) is 5.26 Å². The number of benzene rings is 1. The number of amides is 1. The lowest BCUT2D eigenvalue weighted by molar-refractivity contribution is -0.125. The molecule has 1 amide bonds. The molecule has 1 aliphatic carbocycles. The zero-order valence-electron chi connectivity index (χ0n) is 12.8. The van der Waals surface area contributed by atoms with Gasteiger partial charge in [-0.3, -0.25) is 4.79 Å². The topological polar surface area (TPSA) is 95.0 Å².